The zero-order valence-corrected chi connectivity index (χ0v) is 19.4. The second kappa shape index (κ2) is 10.2. The van der Waals surface area contributed by atoms with Crippen molar-refractivity contribution in [2.75, 3.05) is 38.2 Å². The molecule has 3 aromatic carbocycles. The number of methoxy groups -OCH3 is 1. The van der Waals surface area contributed by atoms with Crippen LogP contribution in [0.4, 0.5) is 14.5 Å². The summed E-state index contributed by atoms with van der Waals surface area (Å²) in [5.74, 6) is 0.954. The highest BCUT2D eigenvalue weighted by Gasteiger charge is 2.31. The van der Waals surface area contributed by atoms with Crippen molar-refractivity contribution in [2.45, 2.75) is 12.6 Å². The van der Waals surface area contributed by atoms with Gasteiger partial charge in [-0.3, -0.25) is 4.90 Å². The minimum atomic E-state index is -0.286. The summed E-state index contributed by atoms with van der Waals surface area (Å²) in [6.07, 6.45) is 0. The number of halogens is 2. The number of benzene rings is 3. The molecule has 0 spiro atoms. The first-order chi connectivity index (χ1) is 17.1. The van der Waals surface area contributed by atoms with Gasteiger partial charge in [0.15, 0.2) is 5.82 Å². The minimum Gasteiger partial charge on any atom is -0.497 e. The molecule has 1 aliphatic heterocycles. The van der Waals surface area contributed by atoms with Crippen molar-refractivity contribution < 1.29 is 13.5 Å². The van der Waals surface area contributed by atoms with E-state index >= 15 is 0 Å². The number of nitrogens with zero attached hydrogens (tertiary/aromatic N) is 6. The predicted octanol–water partition coefficient (Wildman–Crippen LogP) is 3.92. The van der Waals surface area contributed by atoms with E-state index in [9.17, 15) is 8.78 Å². The van der Waals surface area contributed by atoms with Crippen LogP contribution in [0.3, 0.4) is 0 Å². The second-order valence-corrected chi connectivity index (χ2v) is 8.50. The Balaban J connectivity index is 1.40. The maximum Gasteiger partial charge on any atom is 0.173 e. The molecule has 0 radical (unpaired) electrons. The lowest BCUT2D eigenvalue weighted by molar-refractivity contribution is 0.201. The van der Waals surface area contributed by atoms with Crippen LogP contribution in [0.25, 0.3) is 0 Å². The average molecular weight is 477 g/mol. The largest absolute Gasteiger partial charge is 0.497 e. The second-order valence-electron chi connectivity index (χ2n) is 8.50. The van der Waals surface area contributed by atoms with E-state index in [0.717, 1.165) is 48.7 Å². The molecule has 0 amide bonds. The molecular formula is C26H26F2N6O. The van der Waals surface area contributed by atoms with Gasteiger partial charge in [-0.05, 0) is 70.1 Å². The van der Waals surface area contributed by atoms with Gasteiger partial charge in [-0.25, -0.2) is 13.5 Å². The standard InChI is InChI=1S/C26H26F2N6O/c1-35-24-12-2-19(3-13-24)18-34-26(29-30-31-34)25(20-4-6-21(27)7-5-20)33-16-14-32(15-17-33)23-10-8-22(28)9-11-23/h2-13,25H,14-18H2,1H3. The predicted molar refractivity (Wildman–Crippen MR) is 128 cm³/mol. The fraction of sp³-hybridized carbons (Fsp3) is 0.269. The van der Waals surface area contributed by atoms with Crippen molar-refractivity contribution in [1.29, 1.82) is 0 Å². The van der Waals surface area contributed by atoms with E-state index in [2.05, 4.69) is 25.3 Å². The number of rotatable bonds is 7. The van der Waals surface area contributed by atoms with Crippen LogP contribution >= 0.6 is 0 Å². The van der Waals surface area contributed by atoms with E-state index < -0.39 is 0 Å². The molecule has 1 fully saturated rings. The molecule has 0 bridgehead atoms. The van der Waals surface area contributed by atoms with Gasteiger partial charge in [0.1, 0.15) is 17.4 Å². The maximum absolute atomic E-state index is 13.7. The Hall–Kier alpha value is -3.85. The summed E-state index contributed by atoms with van der Waals surface area (Å²) in [6, 6.07) is 20.6. The van der Waals surface area contributed by atoms with Crippen LogP contribution in [-0.4, -0.2) is 58.4 Å². The number of tetrazole rings is 1. The fourth-order valence-corrected chi connectivity index (χ4v) is 4.48. The molecule has 0 aliphatic carbocycles. The first-order valence-corrected chi connectivity index (χ1v) is 11.5. The van der Waals surface area contributed by atoms with Gasteiger partial charge in [0, 0.05) is 31.9 Å². The SMILES string of the molecule is COc1ccc(Cn2nnnc2C(c2ccc(F)cc2)N2CCN(c3ccc(F)cc3)CC2)cc1. The smallest absolute Gasteiger partial charge is 0.173 e. The number of aromatic nitrogens is 4. The van der Waals surface area contributed by atoms with Crippen LogP contribution in [0.2, 0.25) is 0 Å². The number of piperazine rings is 1. The maximum atomic E-state index is 13.7. The normalized spacial score (nSPS) is 15.2. The molecule has 7 nitrogen and oxygen atoms in total. The molecule has 180 valence electrons. The van der Waals surface area contributed by atoms with Crippen molar-refractivity contribution in [1.82, 2.24) is 25.1 Å². The summed E-state index contributed by atoms with van der Waals surface area (Å²) in [6.45, 7) is 3.52. The van der Waals surface area contributed by atoms with Gasteiger partial charge >= 0.3 is 0 Å². The van der Waals surface area contributed by atoms with Crippen LogP contribution < -0.4 is 9.64 Å². The van der Waals surface area contributed by atoms with Gasteiger partial charge in [0.25, 0.3) is 0 Å². The molecule has 0 N–H and O–H groups in total. The van der Waals surface area contributed by atoms with Crippen LogP contribution in [-0.2, 0) is 6.54 Å². The molecule has 2 heterocycles. The van der Waals surface area contributed by atoms with E-state index in [-0.39, 0.29) is 17.7 Å². The van der Waals surface area contributed by atoms with Gasteiger partial charge < -0.3 is 9.64 Å². The molecule has 1 aromatic heterocycles. The zero-order valence-electron chi connectivity index (χ0n) is 19.4. The van der Waals surface area contributed by atoms with E-state index in [4.69, 9.17) is 4.74 Å². The Morgan fingerprint density at radius 3 is 2.09 bits per heavy atom. The van der Waals surface area contributed by atoms with Crippen molar-refractivity contribution in [3.8, 4) is 5.75 Å². The molecule has 0 saturated carbocycles. The minimum absolute atomic E-state index is 0.237. The van der Waals surface area contributed by atoms with E-state index in [1.165, 1.54) is 24.3 Å². The Morgan fingerprint density at radius 2 is 1.46 bits per heavy atom. The van der Waals surface area contributed by atoms with Gasteiger partial charge in [0.05, 0.1) is 19.7 Å². The summed E-state index contributed by atoms with van der Waals surface area (Å²) in [5, 5.41) is 12.6. The van der Waals surface area contributed by atoms with Crippen molar-refractivity contribution in [2.24, 2.45) is 0 Å². The summed E-state index contributed by atoms with van der Waals surface area (Å²) < 4.78 is 34.1. The van der Waals surface area contributed by atoms with Crippen molar-refractivity contribution in [3.63, 3.8) is 0 Å². The Labute approximate surface area is 202 Å². The molecule has 35 heavy (non-hydrogen) atoms. The summed E-state index contributed by atoms with van der Waals surface area (Å²) in [7, 11) is 1.64. The third-order valence-electron chi connectivity index (χ3n) is 6.35. The summed E-state index contributed by atoms with van der Waals surface area (Å²) >= 11 is 0. The zero-order chi connectivity index (χ0) is 24.2. The highest BCUT2D eigenvalue weighted by Crippen LogP contribution is 2.30. The van der Waals surface area contributed by atoms with Crippen LogP contribution in [0.5, 0.6) is 5.75 Å². The average Bonchev–Trinajstić information content (AvgIpc) is 3.34. The monoisotopic (exact) mass is 476 g/mol. The first-order valence-electron chi connectivity index (χ1n) is 11.5. The Kier molecular flexibility index (Phi) is 6.67. The molecule has 1 saturated heterocycles. The molecular weight excluding hydrogens is 450 g/mol. The first kappa shape index (κ1) is 22.9. The number of hydrogen-bond acceptors (Lipinski definition) is 6. The third kappa shape index (κ3) is 5.14. The summed E-state index contributed by atoms with van der Waals surface area (Å²) in [5.41, 5.74) is 2.96. The topological polar surface area (TPSA) is 59.3 Å². The summed E-state index contributed by atoms with van der Waals surface area (Å²) in [4.78, 5) is 4.54. The number of ether oxygens (including phenoxy) is 1. The Morgan fingerprint density at radius 1 is 0.829 bits per heavy atom. The number of hydrogen-bond donors (Lipinski definition) is 0. The van der Waals surface area contributed by atoms with Crippen LogP contribution in [0.15, 0.2) is 72.8 Å². The molecule has 1 unspecified atom stereocenters. The van der Waals surface area contributed by atoms with Gasteiger partial charge in [-0.15, -0.1) is 5.10 Å². The quantitative estimate of drug-likeness (QED) is 0.403. The highest BCUT2D eigenvalue weighted by atomic mass is 19.1. The third-order valence-corrected chi connectivity index (χ3v) is 6.35. The van der Waals surface area contributed by atoms with Crippen molar-refractivity contribution in [3.05, 3.63) is 101 Å². The molecule has 9 heteroatoms. The lowest BCUT2D eigenvalue weighted by atomic mass is 10.0. The van der Waals surface area contributed by atoms with Crippen molar-refractivity contribution >= 4 is 5.69 Å². The molecule has 1 atom stereocenters. The highest BCUT2D eigenvalue weighted by molar-refractivity contribution is 5.46. The van der Waals surface area contributed by atoms with E-state index in [1.807, 2.05) is 24.3 Å². The van der Waals surface area contributed by atoms with Gasteiger partial charge in [-0.1, -0.05) is 24.3 Å². The van der Waals surface area contributed by atoms with Crippen LogP contribution in [0, 0.1) is 11.6 Å². The lowest BCUT2D eigenvalue weighted by Gasteiger charge is -2.40. The molecule has 5 rings (SSSR count). The van der Waals surface area contributed by atoms with E-state index in [1.54, 1.807) is 36.1 Å². The Bertz CT molecular complexity index is 1240. The van der Waals surface area contributed by atoms with Gasteiger partial charge in [0.2, 0.25) is 0 Å². The molecule has 1 aliphatic rings. The molecule has 4 aromatic rings. The van der Waals surface area contributed by atoms with Crippen LogP contribution in [0.1, 0.15) is 23.0 Å². The van der Waals surface area contributed by atoms with E-state index in [0.29, 0.717) is 12.4 Å². The lowest BCUT2D eigenvalue weighted by Crippen LogP contribution is -2.48. The number of anilines is 1. The fourth-order valence-electron chi connectivity index (χ4n) is 4.48. The van der Waals surface area contributed by atoms with Gasteiger partial charge in [-0.2, -0.15) is 0 Å².